The first-order chi connectivity index (χ1) is 8.04. The molecule has 0 aromatic heterocycles. The number of carbonyl (C=O) groups excluding carboxylic acids is 1. The molecular formula is C12H16N2O3. The zero-order chi connectivity index (χ0) is 12.5. The zero-order valence-electron chi connectivity index (χ0n) is 9.72. The number of hydrogen-bond donors (Lipinski definition) is 2. The van der Waals surface area contributed by atoms with Crippen LogP contribution in [0.25, 0.3) is 0 Å². The Labute approximate surface area is 99.8 Å². The standard InChI is InChI=1S/C12H16N2O3/c1-12(7-13)8-14(11(16)6-17-12)9-3-2-4-10(15)5-9/h2-5,15H,6-8,13H2,1H3. The van der Waals surface area contributed by atoms with E-state index in [1.54, 1.807) is 29.2 Å². The average molecular weight is 236 g/mol. The van der Waals surface area contributed by atoms with Gasteiger partial charge in [0, 0.05) is 18.3 Å². The third-order valence-corrected chi connectivity index (χ3v) is 2.91. The van der Waals surface area contributed by atoms with Gasteiger partial charge in [0.25, 0.3) is 5.91 Å². The molecule has 1 aromatic rings. The molecule has 1 saturated heterocycles. The van der Waals surface area contributed by atoms with Gasteiger partial charge in [-0.25, -0.2) is 0 Å². The highest BCUT2D eigenvalue weighted by atomic mass is 16.5. The number of benzene rings is 1. The molecule has 1 amide bonds. The number of aromatic hydroxyl groups is 1. The molecule has 5 heteroatoms. The Bertz CT molecular complexity index is 436. The number of amides is 1. The molecule has 0 aliphatic carbocycles. The van der Waals surface area contributed by atoms with Gasteiger partial charge in [0.1, 0.15) is 12.4 Å². The van der Waals surface area contributed by atoms with Gasteiger partial charge in [-0.05, 0) is 19.1 Å². The molecule has 1 heterocycles. The Morgan fingerprint density at radius 2 is 2.35 bits per heavy atom. The van der Waals surface area contributed by atoms with Gasteiger partial charge >= 0.3 is 0 Å². The maximum Gasteiger partial charge on any atom is 0.253 e. The summed E-state index contributed by atoms with van der Waals surface area (Å²) in [6.07, 6.45) is 0. The Morgan fingerprint density at radius 3 is 3.00 bits per heavy atom. The van der Waals surface area contributed by atoms with Crippen LogP contribution in [-0.4, -0.2) is 36.3 Å². The highest BCUT2D eigenvalue weighted by molar-refractivity contribution is 5.95. The Balaban J connectivity index is 2.27. The van der Waals surface area contributed by atoms with E-state index in [1.165, 1.54) is 0 Å². The van der Waals surface area contributed by atoms with E-state index >= 15 is 0 Å². The number of ether oxygens (including phenoxy) is 1. The summed E-state index contributed by atoms with van der Waals surface area (Å²) in [5.41, 5.74) is 5.78. The highest BCUT2D eigenvalue weighted by Crippen LogP contribution is 2.25. The molecule has 1 fully saturated rings. The maximum absolute atomic E-state index is 11.8. The van der Waals surface area contributed by atoms with Crippen LogP contribution in [0.2, 0.25) is 0 Å². The highest BCUT2D eigenvalue weighted by Gasteiger charge is 2.35. The molecule has 0 bridgehead atoms. The monoisotopic (exact) mass is 236 g/mol. The number of morpholine rings is 1. The first-order valence-electron chi connectivity index (χ1n) is 5.47. The van der Waals surface area contributed by atoms with Crippen LogP contribution in [0.5, 0.6) is 5.75 Å². The number of phenolic OH excluding ortho intramolecular Hbond substituents is 1. The van der Waals surface area contributed by atoms with Crippen molar-refractivity contribution in [2.24, 2.45) is 5.73 Å². The fraction of sp³-hybridized carbons (Fsp3) is 0.417. The Kier molecular flexibility index (Phi) is 3.04. The number of phenols is 1. The minimum absolute atomic E-state index is 0.0172. The summed E-state index contributed by atoms with van der Waals surface area (Å²) in [6, 6.07) is 6.60. The molecule has 3 N–H and O–H groups in total. The van der Waals surface area contributed by atoms with E-state index in [1.807, 2.05) is 6.92 Å². The predicted octanol–water partition coefficient (Wildman–Crippen LogP) is 0.473. The normalized spacial score (nSPS) is 25.1. The van der Waals surface area contributed by atoms with Gasteiger partial charge in [0.2, 0.25) is 0 Å². The summed E-state index contributed by atoms with van der Waals surface area (Å²) in [5.74, 6) is 0.0118. The summed E-state index contributed by atoms with van der Waals surface area (Å²) in [4.78, 5) is 13.4. The second kappa shape index (κ2) is 4.35. The van der Waals surface area contributed by atoms with Crippen molar-refractivity contribution in [3.8, 4) is 5.75 Å². The van der Waals surface area contributed by atoms with Gasteiger partial charge in [-0.1, -0.05) is 6.07 Å². The van der Waals surface area contributed by atoms with Crippen molar-refractivity contribution in [2.75, 3.05) is 24.6 Å². The van der Waals surface area contributed by atoms with Crippen LogP contribution in [-0.2, 0) is 9.53 Å². The van der Waals surface area contributed by atoms with E-state index < -0.39 is 5.60 Å². The van der Waals surface area contributed by atoms with E-state index in [0.29, 0.717) is 18.8 Å². The van der Waals surface area contributed by atoms with E-state index in [4.69, 9.17) is 10.5 Å². The molecule has 0 radical (unpaired) electrons. The summed E-state index contributed by atoms with van der Waals surface area (Å²) >= 11 is 0. The van der Waals surface area contributed by atoms with E-state index in [0.717, 1.165) is 0 Å². The molecule has 5 nitrogen and oxygen atoms in total. The SMILES string of the molecule is CC1(CN)CN(c2cccc(O)c2)C(=O)CO1. The smallest absolute Gasteiger partial charge is 0.253 e. The van der Waals surface area contributed by atoms with Crippen molar-refractivity contribution in [3.05, 3.63) is 24.3 Å². The Morgan fingerprint density at radius 1 is 1.59 bits per heavy atom. The lowest BCUT2D eigenvalue weighted by molar-refractivity contribution is -0.135. The number of nitrogens with two attached hydrogens (primary N) is 1. The summed E-state index contributed by atoms with van der Waals surface area (Å²) in [7, 11) is 0. The van der Waals surface area contributed by atoms with Crippen LogP contribution in [0.4, 0.5) is 5.69 Å². The van der Waals surface area contributed by atoms with Gasteiger partial charge in [-0.2, -0.15) is 0 Å². The van der Waals surface area contributed by atoms with Crippen molar-refractivity contribution in [1.82, 2.24) is 0 Å². The van der Waals surface area contributed by atoms with E-state index in [2.05, 4.69) is 0 Å². The zero-order valence-corrected chi connectivity index (χ0v) is 9.72. The van der Waals surface area contributed by atoms with Crippen LogP contribution < -0.4 is 10.6 Å². The van der Waals surface area contributed by atoms with Crippen molar-refractivity contribution >= 4 is 11.6 Å². The van der Waals surface area contributed by atoms with Crippen molar-refractivity contribution in [1.29, 1.82) is 0 Å². The van der Waals surface area contributed by atoms with Crippen molar-refractivity contribution in [3.63, 3.8) is 0 Å². The second-order valence-electron chi connectivity index (χ2n) is 4.44. The minimum atomic E-state index is -0.528. The lowest BCUT2D eigenvalue weighted by atomic mass is 10.0. The number of rotatable bonds is 2. The maximum atomic E-state index is 11.8. The number of anilines is 1. The first-order valence-corrected chi connectivity index (χ1v) is 5.47. The lowest BCUT2D eigenvalue weighted by Gasteiger charge is -2.39. The minimum Gasteiger partial charge on any atom is -0.508 e. The molecule has 2 rings (SSSR count). The van der Waals surface area contributed by atoms with Gasteiger partial charge in [-0.15, -0.1) is 0 Å². The molecule has 0 spiro atoms. The van der Waals surface area contributed by atoms with Gasteiger partial charge in [0.05, 0.1) is 12.1 Å². The van der Waals surface area contributed by atoms with Crippen molar-refractivity contribution < 1.29 is 14.6 Å². The third-order valence-electron chi connectivity index (χ3n) is 2.91. The average Bonchev–Trinajstić information content (AvgIpc) is 2.33. The van der Waals surface area contributed by atoms with E-state index in [-0.39, 0.29) is 18.3 Å². The van der Waals surface area contributed by atoms with Crippen LogP contribution >= 0.6 is 0 Å². The molecule has 1 aliphatic heterocycles. The molecule has 17 heavy (non-hydrogen) atoms. The van der Waals surface area contributed by atoms with Gasteiger partial charge < -0.3 is 20.5 Å². The molecule has 92 valence electrons. The van der Waals surface area contributed by atoms with Gasteiger partial charge in [-0.3, -0.25) is 4.79 Å². The third kappa shape index (κ3) is 2.40. The summed E-state index contributed by atoms with van der Waals surface area (Å²) in [5, 5.41) is 9.42. The molecule has 1 aliphatic rings. The van der Waals surface area contributed by atoms with E-state index in [9.17, 15) is 9.90 Å². The fourth-order valence-corrected chi connectivity index (χ4v) is 1.80. The summed E-state index contributed by atoms with van der Waals surface area (Å²) in [6.45, 7) is 2.62. The largest absolute Gasteiger partial charge is 0.508 e. The number of carbonyl (C=O) groups is 1. The van der Waals surface area contributed by atoms with Crippen LogP contribution in [0.3, 0.4) is 0 Å². The summed E-state index contributed by atoms with van der Waals surface area (Å²) < 4.78 is 5.43. The second-order valence-corrected chi connectivity index (χ2v) is 4.44. The molecule has 1 aromatic carbocycles. The number of hydrogen-bond acceptors (Lipinski definition) is 4. The number of nitrogens with zero attached hydrogens (tertiary/aromatic N) is 1. The van der Waals surface area contributed by atoms with Crippen LogP contribution in [0, 0.1) is 0 Å². The Hall–Kier alpha value is -1.59. The quantitative estimate of drug-likeness (QED) is 0.782. The molecular weight excluding hydrogens is 220 g/mol. The van der Waals surface area contributed by atoms with Crippen LogP contribution in [0.1, 0.15) is 6.92 Å². The van der Waals surface area contributed by atoms with Crippen LogP contribution in [0.15, 0.2) is 24.3 Å². The lowest BCUT2D eigenvalue weighted by Crippen LogP contribution is -2.56. The van der Waals surface area contributed by atoms with Gasteiger partial charge in [0.15, 0.2) is 0 Å². The topological polar surface area (TPSA) is 75.8 Å². The molecule has 1 atom stereocenters. The van der Waals surface area contributed by atoms with Crippen molar-refractivity contribution in [2.45, 2.75) is 12.5 Å². The predicted molar refractivity (Wildman–Crippen MR) is 63.9 cm³/mol. The molecule has 1 unspecified atom stereocenters. The first kappa shape index (κ1) is 11.9. The fourth-order valence-electron chi connectivity index (χ4n) is 1.80. The molecule has 0 saturated carbocycles.